The predicted octanol–water partition coefficient (Wildman–Crippen LogP) is 6.26. The van der Waals surface area contributed by atoms with Gasteiger partial charge in [0.05, 0.1) is 24.2 Å². The van der Waals surface area contributed by atoms with E-state index in [1.165, 1.54) is 10.2 Å². The predicted molar refractivity (Wildman–Crippen MR) is 142 cm³/mol. The van der Waals surface area contributed by atoms with Gasteiger partial charge in [-0.25, -0.2) is 4.98 Å². The van der Waals surface area contributed by atoms with Gasteiger partial charge in [0.25, 0.3) is 5.56 Å². The number of nitrogens with zero attached hydrogens (tertiary/aromatic N) is 3. The van der Waals surface area contributed by atoms with Crippen molar-refractivity contribution in [2.24, 2.45) is 5.10 Å². The van der Waals surface area contributed by atoms with Crippen LogP contribution in [0, 0.1) is 6.92 Å². The third-order valence-electron chi connectivity index (χ3n) is 5.30. The molecule has 0 radical (unpaired) electrons. The third-order valence-corrected chi connectivity index (χ3v) is 6.48. The maximum atomic E-state index is 13.1. The van der Waals surface area contributed by atoms with Crippen molar-refractivity contribution in [3.05, 3.63) is 96.4 Å². The molecule has 0 aliphatic rings. The lowest BCUT2D eigenvalue weighted by atomic mass is 10.2. The Hall–Kier alpha value is -2.97. The van der Waals surface area contributed by atoms with E-state index >= 15 is 0 Å². The van der Waals surface area contributed by atoms with E-state index in [9.17, 15) is 4.79 Å². The zero-order chi connectivity index (χ0) is 24.2. The minimum absolute atomic E-state index is 0.222. The molecule has 4 rings (SSSR count). The Bertz CT molecular complexity index is 1430. The molecule has 174 valence electrons. The topological polar surface area (TPSA) is 65.7 Å². The molecule has 0 N–H and O–H groups in total. The molecule has 0 spiro atoms. The average molecular weight is 585 g/mol. The van der Waals surface area contributed by atoms with Gasteiger partial charge in [0, 0.05) is 20.9 Å². The second-order valence-electron chi connectivity index (χ2n) is 7.70. The molecule has 0 aliphatic heterocycles. The van der Waals surface area contributed by atoms with Crippen LogP contribution in [0.3, 0.4) is 0 Å². The Morgan fingerprint density at radius 3 is 2.53 bits per heavy atom. The van der Waals surface area contributed by atoms with Gasteiger partial charge in [0.2, 0.25) is 0 Å². The number of methoxy groups -OCH3 is 1. The van der Waals surface area contributed by atoms with E-state index in [1.54, 1.807) is 19.4 Å². The molecular formula is C26H23Br2N3O3. The summed E-state index contributed by atoms with van der Waals surface area (Å²) in [7, 11) is 1.59. The summed E-state index contributed by atoms with van der Waals surface area (Å²) in [6, 6.07) is 17.3. The van der Waals surface area contributed by atoms with Gasteiger partial charge in [-0.05, 0) is 58.7 Å². The molecule has 0 atom stereocenters. The first-order chi connectivity index (χ1) is 16.4. The highest BCUT2D eigenvalue weighted by atomic mass is 79.9. The largest absolute Gasteiger partial charge is 0.493 e. The van der Waals surface area contributed by atoms with Crippen LogP contribution in [0.5, 0.6) is 11.5 Å². The number of halogens is 2. The van der Waals surface area contributed by atoms with Crippen molar-refractivity contribution in [1.29, 1.82) is 0 Å². The Morgan fingerprint density at radius 1 is 1.06 bits per heavy atom. The van der Waals surface area contributed by atoms with Gasteiger partial charge < -0.3 is 9.47 Å². The van der Waals surface area contributed by atoms with Crippen molar-refractivity contribution in [2.45, 2.75) is 26.9 Å². The van der Waals surface area contributed by atoms with E-state index in [0.717, 1.165) is 20.1 Å². The molecular weight excluding hydrogens is 562 g/mol. The zero-order valence-corrected chi connectivity index (χ0v) is 22.2. The first-order valence-electron chi connectivity index (χ1n) is 10.7. The molecule has 34 heavy (non-hydrogen) atoms. The summed E-state index contributed by atoms with van der Waals surface area (Å²) >= 11 is 7.01. The first-order valence-corrected chi connectivity index (χ1v) is 12.3. The Labute approximate surface area is 214 Å². The Balaban J connectivity index is 1.65. The maximum absolute atomic E-state index is 13.1. The molecule has 1 aromatic heterocycles. The smallest absolute Gasteiger partial charge is 0.282 e. The Kier molecular flexibility index (Phi) is 7.48. The molecule has 0 saturated carbocycles. The van der Waals surface area contributed by atoms with E-state index in [1.807, 2.05) is 43.3 Å². The van der Waals surface area contributed by atoms with Crippen LogP contribution < -0.4 is 15.0 Å². The van der Waals surface area contributed by atoms with Crippen LogP contribution in [0.2, 0.25) is 0 Å². The molecule has 0 bridgehead atoms. The van der Waals surface area contributed by atoms with Gasteiger partial charge in [-0.1, -0.05) is 52.7 Å². The van der Waals surface area contributed by atoms with Crippen molar-refractivity contribution >= 4 is 49.0 Å². The van der Waals surface area contributed by atoms with Crippen LogP contribution in [0.25, 0.3) is 10.9 Å². The standard InChI is InChI=1S/C26H23Br2N3O3/c1-4-25-30-22-10-9-19(27)12-20(22)26(32)31(25)29-14-18-11-23(33-3)24(13-21(18)28)34-15-17-7-5-16(2)6-8-17/h5-14H,4,15H2,1-3H3. The lowest BCUT2D eigenvalue weighted by Gasteiger charge is -2.13. The SMILES string of the molecule is CCc1nc2ccc(Br)cc2c(=O)n1N=Cc1cc(OC)c(OCc2ccc(C)cc2)cc1Br. The van der Waals surface area contributed by atoms with E-state index in [2.05, 4.69) is 61.0 Å². The zero-order valence-electron chi connectivity index (χ0n) is 19.0. The molecule has 0 amide bonds. The van der Waals surface area contributed by atoms with E-state index < -0.39 is 0 Å². The number of aryl methyl sites for hydroxylation is 2. The molecule has 0 fully saturated rings. The molecule has 1 heterocycles. The lowest BCUT2D eigenvalue weighted by Crippen LogP contribution is -2.22. The second-order valence-corrected chi connectivity index (χ2v) is 9.47. The number of aromatic nitrogens is 2. The van der Waals surface area contributed by atoms with Crippen LogP contribution in [0.1, 0.15) is 29.4 Å². The minimum Gasteiger partial charge on any atom is -0.493 e. The molecule has 8 heteroatoms. The fourth-order valence-corrected chi connectivity index (χ4v) is 4.22. The summed E-state index contributed by atoms with van der Waals surface area (Å²) in [5.74, 6) is 1.76. The Morgan fingerprint density at radius 2 is 1.82 bits per heavy atom. The summed E-state index contributed by atoms with van der Waals surface area (Å²) in [5, 5.41) is 4.97. The molecule has 4 aromatic rings. The number of rotatable bonds is 7. The highest BCUT2D eigenvalue weighted by Gasteiger charge is 2.12. The quantitative estimate of drug-likeness (QED) is 0.240. The number of ether oxygens (including phenoxy) is 2. The fraction of sp³-hybridized carbons (Fsp3) is 0.192. The highest BCUT2D eigenvalue weighted by Crippen LogP contribution is 2.33. The van der Waals surface area contributed by atoms with E-state index in [4.69, 9.17) is 9.47 Å². The van der Waals surface area contributed by atoms with Crippen molar-refractivity contribution in [1.82, 2.24) is 9.66 Å². The van der Waals surface area contributed by atoms with Gasteiger partial charge in [0.15, 0.2) is 11.5 Å². The normalized spacial score (nSPS) is 11.3. The van der Waals surface area contributed by atoms with Crippen molar-refractivity contribution in [3.8, 4) is 11.5 Å². The van der Waals surface area contributed by atoms with Crippen LogP contribution in [-0.2, 0) is 13.0 Å². The summed E-state index contributed by atoms with van der Waals surface area (Å²) < 4.78 is 14.5. The second kappa shape index (κ2) is 10.5. The molecule has 6 nitrogen and oxygen atoms in total. The van der Waals surface area contributed by atoms with Crippen LogP contribution in [0.4, 0.5) is 0 Å². The van der Waals surface area contributed by atoms with Gasteiger partial charge in [-0.3, -0.25) is 4.79 Å². The van der Waals surface area contributed by atoms with Crippen LogP contribution in [-0.4, -0.2) is 23.0 Å². The summed E-state index contributed by atoms with van der Waals surface area (Å²) in [5.41, 5.74) is 3.43. The van der Waals surface area contributed by atoms with Gasteiger partial charge in [-0.2, -0.15) is 9.78 Å². The van der Waals surface area contributed by atoms with Crippen molar-refractivity contribution in [3.63, 3.8) is 0 Å². The minimum atomic E-state index is -0.222. The van der Waals surface area contributed by atoms with Crippen molar-refractivity contribution in [2.75, 3.05) is 7.11 Å². The molecule has 0 saturated heterocycles. The molecule has 3 aromatic carbocycles. The van der Waals surface area contributed by atoms with E-state index in [-0.39, 0.29) is 5.56 Å². The monoisotopic (exact) mass is 583 g/mol. The summed E-state index contributed by atoms with van der Waals surface area (Å²) in [6.07, 6.45) is 2.18. The summed E-state index contributed by atoms with van der Waals surface area (Å²) in [4.78, 5) is 17.7. The van der Waals surface area contributed by atoms with Crippen molar-refractivity contribution < 1.29 is 9.47 Å². The van der Waals surface area contributed by atoms with Gasteiger partial charge >= 0.3 is 0 Å². The molecule has 0 unspecified atom stereocenters. The molecule has 0 aliphatic carbocycles. The number of hydrogen-bond donors (Lipinski definition) is 0. The highest BCUT2D eigenvalue weighted by molar-refractivity contribution is 9.10. The van der Waals surface area contributed by atoms with Crippen LogP contribution in [0.15, 0.2) is 73.4 Å². The number of benzene rings is 3. The maximum Gasteiger partial charge on any atom is 0.282 e. The third kappa shape index (κ3) is 5.23. The average Bonchev–Trinajstić information content (AvgIpc) is 2.84. The first kappa shape index (κ1) is 24.2. The summed E-state index contributed by atoms with van der Waals surface area (Å²) in [6.45, 7) is 4.41. The van der Waals surface area contributed by atoms with E-state index in [0.29, 0.717) is 41.3 Å². The van der Waals surface area contributed by atoms with Gasteiger partial charge in [-0.15, -0.1) is 0 Å². The van der Waals surface area contributed by atoms with Crippen LogP contribution >= 0.6 is 31.9 Å². The number of hydrogen-bond acceptors (Lipinski definition) is 5. The fourth-order valence-electron chi connectivity index (χ4n) is 3.43. The van der Waals surface area contributed by atoms with Gasteiger partial charge in [0.1, 0.15) is 12.4 Å². The lowest BCUT2D eigenvalue weighted by molar-refractivity contribution is 0.284. The number of fused-ring (bicyclic) bond motifs is 1.